The molecular weight excluding hydrogens is 665 g/mol. The molecule has 274 valence electrons. The highest BCUT2D eigenvalue weighted by molar-refractivity contribution is 6.41. The summed E-state index contributed by atoms with van der Waals surface area (Å²) in [6, 6.07) is 15.1. The third-order valence-electron chi connectivity index (χ3n) is 11.3. The second-order valence-electron chi connectivity index (χ2n) is 14.7. The molecule has 0 aromatic heterocycles. The molecule has 0 unspecified atom stereocenters. The van der Waals surface area contributed by atoms with Gasteiger partial charge in [0.1, 0.15) is 0 Å². The Labute approximate surface area is 310 Å². The average Bonchev–Trinajstić information content (AvgIpc) is 3.17. The van der Waals surface area contributed by atoms with E-state index in [1.807, 2.05) is 48.5 Å². The van der Waals surface area contributed by atoms with Crippen molar-refractivity contribution in [2.45, 2.75) is 103 Å². The van der Waals surface area contributed by atoms with Gasteiger partial charge in [0.05, 0.1) is 6.61 Å². The van der Waals surface area contributed by atoms with Gasteiger partial charge in [0.2, 0.25) is 0 Å². The number of unbranched alkanes of at least 4 members (excludes halogenated alkanes) is 8. The molecule has 8 nitrogen and oxygen atoms in total. The van der Waals surface area contributed by atoms with E-state index >= 15 is 0 Å². The largest absolute Gasteiger partial charge is 0.463 e. The molecule has 0 atom stereocenters. The first-order valence-corrected chi connectivity index (χ1v) is 19.6. The predicted molar refractivity (Wildman–Crippen MR) is 210 cm³/mol. The first-order chi connectivity index (χ1) is 25.8. The van der Waals surface area contributed by atoms with Gasteiger partial charge >= 0.3 is 5.97 Å². The molecular formula is C45H48N2O6. The fourth-order valence-electron chi connectivity index (χ4n) is 8.67. The maximum Gasteiger partial charge on any atom is 0.330 e. The number of amides is 4. The van der Waals surface area contributed by atoms with Crippen LogP contribution in [-0.4, -0.2) is 58.6 Å². The van der Waals surface area contributed by atoms with Gasteiger partial charge in [0, 0.05) is 51.7 Å². The summed E-state index contributed by atoms with van der Waals surface area (Å²) in [5.41, 5.74) is 2.08. The van der Waals surface area contributed by atoms with Crippen LogP contribution >= 0.6 is 0 Å². The van der Waals surface area contributed by atoms with Crippen LogP contribution < -0.4 is 0 Å². The first kappa shape index (κ1) is 36.3. The van der Waals surface area contributed by atoms with Gasteiger partial charge in [-0.05, 0) is 88.7 Å². The van der Waals surface area contributed by atoms with E-state index in [0.29, 0.717) is 52.3 Å². The van der Waals surface area contributed by atoms with Crippen molar-refractivity contribution < 1.29 is 28.7 Å². The van der Waals surface area contributed by atoms with Crippen molar-refractivity contribution in [3.8, 4) is 0 Å². The molecule has 5 aromatic rings. The Bertz CT molecular complexity index is 2140. The number of esters is 1. The summed E-state index contributed by atoms with van der Waals surface area (Å²) in [7, 11) is 0. The second-order valence-corrected chi connectivity index (χ2v) is 14.7. The molecule has 0 saturated heterocycles. The normalized spacial score (nSPS) is 14.2. The lowest BCUT2D eigenvalue weighted by Crippen LogP contribution is -2.47. The summed E-state index contributed by atoms with van der Waals surface area (Å²) in [6.45, 7) is 8.30. The highest BCUT2D eigenvalue weighted by atomic mass is 16.5. The number of carbonyl (C=O) groups is 5. The van der Waals surface area contributed by atoms with Crippen LogP contribution in [0.4, 0.5) is 0 Å². The summed E-state index contributed by atoms with van der Waals surface area (Å²) >= 11 is 0. The highest BCUT2D eigenvalue weighted by Gasteiger charge is 2.39. The van der Waals surface area contributed by atoms with Gasteiger partial charge < -0.3 is 4.74 Å². The van der Waals surface area contributed by atoms with Gasteiger partial charge in [0.15, 0.2) is 0 Å². The molecule has 7 rings (SSSR count). The number of nitrogens with zero attached hydrogens (tertiary/aromatic N) is 2. The zero-order valence-electron chi connectivity index (χ0n) is 30.9. The number of fused-ring (bicyclic) bond motifs is 2. The van der Waals surface area contributed by atoms with E-state index in [1.165, 1.54) is 4.90 Å². The zero-order chi connectivity index (χ0) is 37.2. The molecule has 2 aliphatic heterocycles. The molecule has 0 saturated carbocycles. The van der Waals surface area contributed by atoms with Crippen LogP contribution in [0.5, 0.6) is 0 Å². The van der Waals surface area contributed by atoms with E-state index in [9.17, 15) is 24.0 Å². The number of carbonyl (C=O) groups excluding carboxylic acids is 5. The van der Waals surface area contributed by atoms with Gasteiger partial charge in [0.25, 0.3) is 23.6 Å². The molecule has 2 heterocycles. The van der Waals surface area contributed by atoms with Crippen molar-refractivity contribution in [3.63, 3.8) is 0 Å². The SMILES string of the molecule is C=CC(=O)OCCCCCN1C(=O)c2ccc3c4ccc5c6c(ccc(c7ccc(c2c37)C1=O)c64)C(=O)N(C(CCCCCC)CCCCCC)C5=O. The van der Waals surface area contributed by atoms with Crippen molar-refractivity contribution in [1.82, 2.24) is 9.80 Å². The summed E-state index contributed by atoms with van der Waals surface area (Å²) in [6.07, 6.45) is 13.4. The van der Waals surface area contributed by atoms with Crippen LogP contribution in [0.3, 0.4) is 0 Å². The highest BCUT2D eigenvalue weighted by Crippen LogP contribution is 2.46. The Kier molecular flexibility index (Phi) is 10.6. The fourth-order valence-corrected chi connectivity index (χ4v) is 8.67. The minimum Gasteiger partial charge on any atom is -0.463 e. The number of imide groups is 2. The molecule has 8 heteroatoms. The standard InChI is InChI=1S/C45H48N2O6/c1-4-7-9-12-16-28(17-13-10-8-5-2)47-44(51)35-24-20-31-29-18-22-33-40-34(43(50)46(42(33)49)26-14-11-15-27-53-37(48)6-3)23-19-30(38(29)40)32-21-25-36(45(47)52)41(35)39(31)32/h6,18-25,28H,3-5,7-17,26-27H2,1-2H3. The van der Waals surface area contributed by atoms with Crippen molar-refractivity contribution in [2.24, 2.45) is 0 Å². The van der Waals surface area contributed by atoms with Crippen LogP contribution in [0.15, 0.2) is 61.2 Å². The van der Waals surface area contributed by atoms with Gasteiger partial charge in [-0.25, -0.2) is 4.79 Å². The molecule has 0 bridgehead atoms. The lowest BCUT2D eigenvalue weighted by molar-refractivity contribution is -0.137. The molecule has 2 aliphatic rings. The summed E-state index contributed by atoms with van der Waals surface area (Å²) in [5.74, 6) is -1.55. The zero-order valence-corrected chi connectivity index (χ0v) is 30.9. The monoisotopic (exact) mass is 712 g/mol. The molecule has 0 spiro atoms. The van der Waals surface area contributed by atoms with E-state index in [-0.39, 0.29) is 42.8 Å². The number of ether oxygens (including phenoxy) is 1. The van der Waals surface area contributed by atoms with Gasteiger partial charge in [-0.3, -0.25) is 29.0 Å². The van der Waals surface area contributed by atoms with Gasteiger partial charge in [-0.1, -0.05) is 96.1 Å². The third-order valence-corrected chi connectivity index (χ3v) is 11.3. The van der Waals surface area contributed by atoms with E-state index in [1.54, 1.807) is 4.90 Å². The van der Waals surface area contributed by atoms with E-state index in [0.717, 1.165) is 103 Å². The van der Waals surface area contributed by atoms with E-state index < -0.39 is 5.97 Å². The fraction of sp³-hybridized carbons (Fsp3) is 0.400. The smallest absolute Gasteiger partial charge is 0.330 e. The minimum absolute atomic E-state index is 0.132. The number of hydrogen-bond acceptors (Lipinski definition) is 6. The Hall–Kier alpha value is -5.11. The number of hydrogen-bond donors (Lipinski definition) is 0. The summed E-state index contributed by atoms with van der Waals surface area (Å²) in [5, 5.41) is 6.59. The lowest BCUT2D eigenvalue weighted by Gasteiger charge is -2.35. The van der Waals surface area contributed by atoms with Crippen LogP contribution in [-0.2, 0) is 9.53 Å². The van der Waals surface area contributed by atoms with Gasteiger partial charge in [-0.15, -0.1) is 0 Å². The van der Waals surface area contributed by atoms with Crippen molar-refractivity contribution >= 4 is 72.7 Å². The Morgan fingerprint density at radius 2 is 1.02 bits per heavy atom. The minimum atomic E-state index is -0.468. The molecule has 4 amide bonds. The molecule has 5 aromatic carbocycles. The van der Waals surface area contributed by atoms with E-state index in [4.69, 9.17) is 4.74 Å². The Balaban J connectivity index is 1.24. The summed E-state index contributed by atoms with van der Waals surface area (Å²) < 4.78 is 5.04. The van der Waals surface area contributed by atoms with Crippen LogP contribution in [0, 0.1) is 0 Å². The lowest BCUT2D eigenvalue weighted by atomic mass is 9.82. The number of rotatable bonds is 18. The van der Waals surface area contributed by atoms with Crippen molar-refractivity contribution in [1.29, 1.82) is 0 Å². The predicted octanol–water partition coefficient (Wildman–Crippen LogP) is 10.1. The Morgan fingerprint density at radius 3 is 1.45 bits per heavy atom. The van der Waals surface area contributed by atoms with Gasteiger partial charge in [-0.2, -0.15) is 0 Å². The maximum absolute atomic E-state index is 14.4. The Morgan fingerprint density at radius 1 is 0.585 bits per heavy atom. The molecule has 0 aliphatic carbocycles. The quantitative estimate of drug-likeness (QED) is 0.0224. The topological polar surface area (TPSA) is 101 Å². The van der Waals surface area contributed by atoms with Crippen LogP contribution in [0.25, 0.3) is 43.1 Å². The van der Waals surface area contributed by atoms with E-state index in [2.05, 4.69) is 20.4 Å². The average molecular weight is 713 g/mol. The molecule has 53 heavy (non-hydrogen) atoms. The van der Waals surface area contributed by atoms with Crippen molar-refractivity contribution in [3.05, 3.63) is 83.4 Å². The first-order valence-electron chi connectivity index (χ1n) is 19.6. The summed E-state index contributed by atoms with van der Waals surface area (Å²) in [4.78, 5) is 70.7. The molecule has 0 N–H and O–H groups in total. The third kappa shape index (κ3) is 6.36. The van der Waals surface area contributed by atoms with Crippen molar-refractivity contribution in [2.75, 3.05) is 13.2 Å². The maximum atomic E-state index is 14.4. The number of benzene rings is 5. The molecule has 0 radical (unpaired) electrons. The van der Waals surface area contributed by atoms with Crippen LogP contribution in [0.2, 0.25) is 0 Å². The second kappa shape index (κ2) is 15.5. The van der Waals surface area contributed by atoms with Crippen LogP contribution in [0.1, 0.15) is 139 Å². The molecule has 0 fully saturated rings.